The van der Waals surface area contributed by atoms with Crippen LogP contribution in [0.4, 0.5) is 0 Å². The van der Waals surface area contributed by atoms with Crippen LogP contribution in [0.5, 0.6) is 5.75 Å². The molecule has 0 aromatic heterocycles. The lowest BCUT2D eigenvalue weighted by molar-refractivity contribution is 0.152. The van der Waals surface area contributed by atoms with Crippen LogP contribution in [0.1, 0.15) is 36.8 Å². The summed E-state index contributed by atoms with van der Waals surface area (Å²) in [6.07, 6.45) is 4.46. The van der Waals surface area contributed by atoms with Gasteiger partial charge in [-0.1, -0.05) is 18.3 Å². The number of hydrogen-bond donors (Lipinski definition) is 1. The van der Waals surface area contributed by atoms with Crippen LogP contribution in [0.2, 0.25) is 0 Å². The number of nitrogens with zero attached hydrogens (tertiary/aromatic N) is 1. The fourth-order valence-corrected chi connectivity index (χ4v) is 2.39. The van der Waals surface area contributed by atoms with Crippen LogP contribution in [0.3, 0.4) is 0 Å². The Kier molecular flexibility index (Phi) is 5.46. The second-order valence-corrected chi connectivity index (χ2v) is 5.30. The van der Waals surface area contributed by atoms with E-state index in [0.29, 0.717) is 12.5 Å². The van der Waals surface area contributed by atoms with E-state index < -0.39 is 0 Å². The molecular formula is C17H23NO2. The Balaban J connectivity index is 2.16. The van der Waals surface area contributed by atoms with Crippen molar-refractivity contribution in [1.82, 2.24) is 4.90 Å². The summed E-state index contributed by atoms with van der Waals surface area (Å²) < 4.78 is 5.31. The van der Waals surface area contributed by atoms with E-state index >= 15 is 0 Å². The molecule has 2 rings (SSSR count). The minimum absolute atomic E-state index is 0.112. The standard InChI is InChI=1S/C17H23NO2/c1-18(16-7-5-8-16)13-15-12-17(20-2)10-9-14(15)6-3-4-11-19/h9-10,12,16,19H,4-5,7-8,11,13H2,1-2H3. The zero-order valence-corrected chi connectivity index (χ0v) is 12.4. The highest BCUT2D eigenvalue weighted by atomic mass is 16.5. The minimum Gasteiger partial charge on any atom is -0.497 e. The average molecular weight is 273 g/mol. The molecule has 0 atom stereocenters. The number of hydrogen-bond acceptors (Lipinski definition) is 3. The molecule has 1 aliphatic rings. The topological polar surface area (TPSA) is 32.7 Å². The zero-order chi connectivity index (χ0) is 14.4. The highest BCUT2D eigenvalue weighted by molar-refractivity contribution is 5.45. The van der Waals surface area contributed by atoms with Gasteiger partial charge in [-0.25, -0.2) is 0 Å². The molecule has 0 radical (unpaired) electrons. The maximum atomic E-state index is 8.82. The van der Waals surface area contributed by atoms with E-state index in [1.165, 1.54) is 24.8 Å². The molecule has 108 valence electrons. The van der Waals surface area contributed by atoms with Crippen LogP contribution in [-0.2, 0) is 6.54 Å². The largest absolute Gasteiger partial charge is 0.497 e. The molecule has 0 heterocycles. The van der Waals surface area contributed by atoms with E-state index in [9.17, 15) is 0 Å². The molecule has 1 aliphatic carbocycles. The molecule has 3 heteroatoms. The normalized spacial score (nSPS) is 14.6. The molecule has 0 spiro atoms. The number of rotatable bonds is 5. The SMILES string of the molecule is COc1ccc(C#CCCO)c(CN(C)C2CCC2)c1. The van der Waals surface area contributed by atoms with Crippen molar-refractivity contribution in [1.29, 1.82) is 0 Å². The van der Waals surface area contributed by atoms with E-state index in [4.69, 9.17) is 9.84 Å². The van der Waals surface area contributed by atoms with E-state index in [2.05, 4.69) is 29.9 Å². The fraction of sp³-hybridized carbons (Fsp3) is 0.529. The van der Waals surface area contributed by atoms with Gasteiger partial charge in [0.1, 0.15) is 5.75 Å². The summed E-state index contributed by atoms with van der Waals surface area (Å²) in [5.74, 6) is 7.02. The van der Waals surface area contributed by atoms with Crippen molar-refractivity contribution in [3.8, 4) is 17.6 Å². The van der Waals surface area contributed by atoms with Crippen LogP contribution < -0.4 is 4.74 Å². The van der Waals surface area contributed by atoms with Gasteiger partial charge in [-0.15, -0.1) is 0 Å². The quantitative estimate of drug-likeness (QED) is 0.836. The first kappa shape index (κ1) is 14.9. The fourth-order valence-electron chi connectivity index (χ4n) is 2.39. The van der Waals surface area contributed by atoms with Gasteiger partial charge in [0.05, 0.1) is 13.7 Å². The third kappa shape index (κ3) is 3.75. The van der Waals surface area contributed by atoms with Crippen molar-refractivity contribution in [2.75, 3.05) is 20.8 Å². The molecule has 1 saturated carbocycles. The molecule has 0 saturated heterocycles. The van der Waals surface area contributed by atoms with E-state index in [1.807, 2.05) is 12.1 Å². The van der Waals surface area contributed by atoms with Crippen molar-refractivity contribution in [2.45, 2.75) is 38.3 Å². The third-order valence-corrected chi connectivity index (χ3v) is 3.89. The van der Waals surface area contributed by atoms with Crippen molar-refractivity contribution in [2.24, 2.45) is 0 Å². The van der Waals surface area contributed by atoms with E-state index in [-0.39, 0.29) is 6.61 Å². The summed E-state index contributed by atoms with van der Waals surface area (Å²) >= 11 is 0. The van der Waals surface area contributed by atoms with Gasteiger partial charge in [0.2, 0.25) is 0 Å². The Bertz CT molecular complexity index is 497. The lowest BCUT2D eigenvalue weighted by Crippen LogP contribution is -2.36. The summed E-state index contributed by atoms with van der Waals surface area (Å²) in [4.78, 5) is 2.40. The first-order valence-corrected chi connectivity index (χ1v) is 7.21. The molecule has 1 N–H and O–H groups in total. The molecule has 1 fully saturated rings. The number of methoxy groups -OCH3 is 1. The Morgan fingerprint density at radius 2 is 2.20 bits per heavy atom. The summed E-state index contributed by atoms with van der Waals surface area (Å²) in [6.45, 7) is 1.01. The lowest BCUT2D eigenvalue weighted by Gasteiger charge is -2.35. The van der Waals surface area contributed by atoms with Crippen molar-refractivity contribution >= 4 is 0 Å². The average Bonchev–Trinajstić information content (AvgIpc) is 2.38. The molecule has 0 bridgehead atoms. The summed E-state index contributed by atoms with van der Waals surface area (Å²) in [5.41, 5.74) is 2.23. The second-order valence-electron chi connectivity index (χ2n) is 5.30. The predicted octanol–water partition coefficient (Wildman–Crippen LogP) is 2.41. The van der Waals surface area contributed by atoms with Gasteiger partial charge < -0.3 is 9.84 Å². The molecule has 0 aliphatic heterocycles. The van der Waals surface area contributed by atoms with Gasteiger partial charge in [0.25, 0.3) is 0 Å². The third-order valence-electron chi connectivity index (χ3n) is 3.89. The number of benzene rings is 1. The number of aliphatic hydroxyl groups is 1. The summed E-state index contributed by atoms with van der Waals surface area (Å²) in [7, 11) is 3.86. The second kappa shape index (κ2) is 7.33. The lowest BCUT2D eigenvalue weighted by atomic mass is 9.91. The monoisotopic (exact) mass is 273 g/mol. The maximum Gasteiger partial charge on any atom is 0.119 e. The van der Waals surface area contributed by atoms with Gasteiger partial charge >= 0.3 is 0 Å². The van der Waals surface area contributed by atoms with Crippen LogP contribution >= 0.6 is 0 Å². The van der Waals surface area contributed by atoms with Gasteiger partial charge in [0, 0.05) is 24.6 Å². The highest BCUT2D eigenvalue weighted by Gasteiger charge is 2.22. The molecule has 0 amide bonds. The van der Waals surface area contributed by atoms with Crippen LogP contribution in [0.25, 0.3) is 0 Å². The summed E-state index contributed by atoms with van der Waals surface area (Å²) in [6, 6.07) is 6.72. The molecule has 3 nitrogen and oxygen atoms in total. The highest BCUT2D eigenvalue weighted by Crippen LogP contribution is 2.26. The van der Waals surface area contributed by atoms with Crippen molar-refractivity contribution in [3.63, 3.8) is 0 Å². The van der Waals surface area contributed by atoms with E-state index in [1.54, 1.807) is 7.11 Å². The maximum absolute atomic E-state index is 8.82. The Hall–Kier alpha value is -1.50. The predicted molar refractivity (Wildman–Crippen MR) is 80.7 cm³/mol. The Labute approximate surface area is 121 Å². The van der Waals surface area contributed by atoms with Gasteiger partial charge in [0.15, 0.2) is 0 Å². The van der Waals surface area contributed by atoms with Crippen LogP contribution in [0.15, 0.2) is 18.2 Å². The number of aliphatic hydroxyl groups excluding tert-OH is 1. The Morgan fingerprint density at radius 1 is 1.40 bits per heavy atom. The van der Waals surface area contributed by atoms with Gasteiger partial charge in [-0.3, -0.25) is 4.90 Å². The number of ether oxygens (including phenoxy) is 1. The molecule has 0 unspecified atom stereocenters. The molecular weight excluding hydrogens is 250 g/mol. The molecule has 20 heavy (non-hydrogen) atoms. The molecule has 1 aromatic carbocycles. The van der Waals surface area contributed by atoms with Crippen molar-refractivity contribution < 1.29 is 9.84 Å². The first-order chi connectivity index (χ1) is 9.74. The van der Waals surface area contributed by atoms with Crippen molar-refractivity contribution in [3.05, 3.63) is 29.3 Å². The van der Waals surface area contributed by atoms with E-state index in [0.717, 1.165) is 17.9 Å². The smallest absolute Gasteiger partial charge is 0.119 e. The minimum atomic E-state index is 0.112. The van der Waals surface area contributed by atoms with Gasteiger partial charge in [-0.2, -0.15) is 0 Å². The first-order valence-electron chi connectivity index (χ1n) is 7.21. The van der Waals surface area contributed by atoms with Crippen LogP contribution in [0, 0.1) is 11.8 Å². The Morgan fingerprint density at radius 3 is 2.80 bits per heavy atom. The van der Waals surface area contributed by atoms with Crippen LogP contribution in [-0.4, -0.2) is 36.8 Å². The van der Waals surface area contributed by atoms with Gasteiger partial charge in [-0.05, 0) is 43.7 Å². The summed E-state index contributed by atoms with van der Waals surface area (Å²) in [5, 5.41) is 8.82. The molecule has 1 aromatic rings. The zero-order valence-electron chi connectivity index (χ0n) is 12.4.